The van der Waals surface area contributed by atoms with Crippen molar-refractivity contribution in [1.29, 1.82) is 0 Å². The van der Waals surface area contributed by atoms with Gasteiger partial charge in [0.2, 0.25) is 6.10 Å². The molecule has 0 aliphatic carbocycles. The van der Waals surface area contributed by atoms with Crippen LogP contribution in [0.2, 0.25) is 0 Å². The molecule has 0 spiro atoms. The van der Waals surface area contributed by atoms with Crippen molar-refractivity contribution in [1.82, 2.24) is 5.32 Å². The molecule has 2 aromatic rings. The Morgan fingerprint density at radius 2 is 1.78 bits per heavy atom. The van der Waals surface area contributed by atoms with Crippen molar-refractivity contribution in [2.24, 2.45) is 0 Å². The largest absolute Gasteiger partial charge is 0.485 e. The first kappa shape index (κ1) is 18.2. The Balaban J connectivity index is 1.56. The molecule has 1 aliphatic heterocycles. The summed E-state index contributed by atoms with van der Waals surface area (Å²) in [5, 5.41) is 5.15. The second kappa shape index (κ2) is 8.22. The van der Waals surface area contributed by atoms with Crippen molar-refractivity contribution >= 4 is 23.5 Å². The van der Waals surface area contributed by atoms with E-state index in [0.717, 1.165) is 0 Å². The van der Waals surface area contributed by atoms with Crippen molar-refractivity contribution in [3.8, 4) is 11.5 Å². The normalized spacial score (nSPS) is 14.8. The molecule has 3 rings (SSSR count). The number of rotatable bonds is 5. The lowest BCUT2D eigenvalue weighted by Crippen LogP contribution is -2.40. The number of esters is 1. The van der Waals surface area contributed by atoms with E-state index in [1.165, 1.54) is 19.2 Å². The maximum atomic E-state index is 12.4. The summed E-state index contributed by atoms with van der Waals surface area (Å²) in [7, 11) is 1.24. The van der Waals surface area contributed by atoms with Crippen LogP contribution in [0.1, 0.15) is 10.4 Å². The van der Waals surface area contributed by atoms with Crippen LogP contribution in [0.3, 0.4) is 0 Å². The highest BCUT2D eigenvalue weighted by Crippen LogP contribution is 2.31. The third-order valence-corrected chi connectivity index (χ3v) is 3.84. The summed E-state index contributed by atoms with van der Waals surface area (Å²) < 4.78 is 15.6. The molecule has 140 valence electrons. The summed E-state index contributed by atoms with van der Waals surface area (Å²) in [6.45, 7) is -0.106. The van der Waals surface area contributed by atoms with E-state index < -0.39 is 18.0 Å². The lowest BCUT2D eigenvalue weighted by molar-refractivity contribution is -0.139. The van der Waals surface area contributed by atoms with Gasteiger partial charge in [0.25, 0.3) is 11.8 Å². The second-order valence-electron chi connectivity index (χ2n) is 5.69. The standard InChI is InChI=1S/C19H18N2O6/c1-25-17(22)10-20-18(23)12-6-8-13(9-7-12)21-19(24)16-11-26-14-4-2-3-5-15(14)27-16/h2-9,16H,10-11H2,1H3,(H,20,23)(H,21,24)/t16-/m0/s1. The fraction of sp³-hybridized carbons (Fsp3) is 0.211. The van der Waals surface area contributed by atoms with Crippen molar-refractivity contribution in [3.63, 3.8) is 0 Å². The van der Waals surface area contributed by atoms with Gasteiger partial charge < -0.3 is 24.8 Å². The number of carbonyl (C=O) groups is 3. The van der Waals surface area contributed by atoms with Gasteiger partial charge in [0, 0.05) is 11.3 Å². The molecule has 0 fully saturated rings. The van der Waals surface area contributed by atoms with Gasteiger partial charge in [-0.15, -0.1) is 0 Å². The highest BCUT2D eigenvalue weighted by Gasteiger charge is 2.27. The molecule has 8 heteroatoms. The molecular formula is C19H18N2O6. The van der Waals surface area contributed by atoms with Crippen LogP contribution in [0, 0.1) is 0 Å². The van der Waals surface area contributed by atoms with Gasteiger partial charge in [-0.05, 0) is 36.4 Å². The Morgan fingerprint density at radius 3 is 2.48 bits per heavy atom. The third-order valence-electron chi connectivity index (χ3n) is 3.84. The zero-order valence-electron chi connectivity index (χ0n) is 14.6. The maximum Gasteiger partial charge on any atom is 0.325 e. The number of carbonyl (C=O) groups excluding carboxylic acids is 3. The number of benzene rings is 2. The van der Waals surface area contributed by atoms with Crippen molar-refractivity contribution < 1.29 is 28.6 Å². The minimum absolute atomic E-state index is 0.108. The summed E-state index contributed by atoms with van der Waals surface area (Å²) in [5.74, 6) is -0.194. The average molecular weight is 370 g/mol. The summed E-state index contributed by atoms with van der Waals surface area (Å²) in [6, 6.07) is 13.4. The Kier molecular flexibility index (Phi) is 5.55. The molecule has 1 aliphatic rings. The van der Waals surface area contributed by atoms with E-state index in [2.05, 4.69) is 15.4 Å². The SMILES string of the molecule is COC(=O)CNC(=O)c1ccc(NC(=O)[C@@H]2COc3ccccc3O2)cc1. The monoisotopic (exact) mass is 370 g/mol. The van der Waals surface area contributed by atoms with E-state index in [4.69, 9.17) is 9.47 Å². The minimum atomic E-state index is -0.775. The number of anilines is 1. The predicted molar refractivity (Wildman–Crippen MR) is 95.8 cm³/mol. The molecule has 1 atom stereocenters. The Labute approximate surface area is 155 Å². The molecule has 0 bridgehead atoms. The molecule has 2 N–H and O–H groups in total. The fourth-order valence-electron chi connectivity index (χ4n) is 2.40. The molecule has 0 saturated carbocycles. The Bertz CT molecular complexity index is 850. The van der Waals surface area contributed by atoms with Crippen LogP contribution in [0.4, 0.5) is 5.69 Å². The van der Waals surface area contributed by atoms with Gasteiger partial charge in [-0.1, -0.05) is 12.1 Å². The van der Waals surface area contributed by atoms with Crippen LogP contribution in [-0.4, -0.2) is 44.1 Å². The first-order valence-corrected chi connectivity index (χ1v) is 8.21. The third kappa shape index (κ3) is 4.55. The molecule has 1 heterocycles. The Morgan fingerprint density at radius 1 is 1.07 bits per heavy atom. The van der Waals surface area contributed by atoms with Crippen LogP contribution in [0.5, 0.6) is 11.5 Å². The lowest BCUT2D eigenvalue weighted by Gasteiger charge is -2.25. The lowest BCUT2D eigenvalue weighted by atomic mass is 10.2. The predicted octanol–water partition coefficient (Wildman–Crippen LogP) is 1.37. The van der Waals surface area contributed by atoms with E-state index in [1.54, 1.807) is 30.3 Å². The number of nitrogens with one attached hydrogen (secondary N) is 2. The second-order valence-corrected chi connectivity index (χ2v) is 5.69. The highest BCUT2D eigenvalue weighted by atomic mass is 16.6. The zero-order valence-corrected chi connectivity index (χ0v) is 14.6. The molecule has 0 radical (unpaired) electrons. The van der Waals surface area contributed by atoms with Crippen molar-refractivity contribution in [2.45, 2.75) is 6.10 Å². The first-order chi connectivity index (χ1) is 13.1. The van der Waals surface area contributed by atoms with Crippen LogP contribution >= 0.6 is 0 Å². The topological polar surface area (TPSA) is 103 Å². The van der Waals surface area contributed by atoms with Gasteiger partial charge in [-0.3, -0.25) is 14.4 Å². The highest BCUT2D eigenvalue weighted by molar-refractivity contribution is 5.98. The van der Waals surface area contributed by atoms with Gasteiger partial charge in [0.1, 0.15) is 13.2 Å². The van der Waals surface area contributed by atoms with E-state index in [-0.39, 0.29) is 19.1 Å². The van der Waals surface area contributed by atoms with E-state index in [0.29, 0.717) is 22.7 Å². The molecule has 8 nitrogen and oxygen atoms in total. The van der Waals surface area contributed by atoms with Gasteiger partial charge in [0.05, 0.1) is 7.11 Å². The van der Waals surface area contributed by atoms with Crippen LogP contribution in [0.25, 0.3) is 0 Å². The maximum absolute atomic E-state index is 12.4. The molecule has 2 aromatic carbocycles. The number of hydrogen-bond acceptors (Lipinski definition) is 6. The summed E-state index contributed by atoms with van der Waals surface area (Å²) in [4.78, 5) is 35.3. The number of fused-ring (bicyclic) bond motifs is 1. The number of para-hydroxylation sites is 2. The van der Waals surface area contributed by atoms with E-state index in [9.17, 15) is 14.4 Å². The summed E-state index contributed by atoms with van der Waals surface area (Å²) >= 11 is 0. The molecule has 0 saturated heterocycles. The van der Waals surface area contributed by atoms with Crippen molar-refractivity contribution in [3.05, 3.63) is 54.1 Å². The number of hydrogen-bond donors (Lipinski definition) is 2. The Hall–Kier alpha value is -3.55. The molecule has 2 amide bonds. The molecule has 27 heavy (non-hydrogen) atoms. The molecule has 0 aromatic heterocycles. The summed E-state index contributed by atoms with van der Waals surface area (Å²) in [6.07, 6.45) is -0.775. The number of amides is 2. The minimum Gasteiger partial charge on any atom is -0.485 e. The first-order valence-electron chi connectivity index (χ1n) is 8.21. The van der Waals surface area contributed by atoms with Gasteiger partial charge in [-0.2, -0.15) is 0 Å². The van der Waals surface area contributed by atoms with E-state index in [1.807, 2.05) is 6.07 Å². The van der Waals surface area contributed by atoms with Crippen LogP contribution < -0.4 is 20.1 Å². The average Bonchev–Trinajstić information content (AvgIpc) is 2.71. The summed E-state index contributed by atoms with van der Waals surface area (Å²) in [5.41, 5.74) is 0.857. The zero-order chi connectivity index (χ0) is 19.2. The smallest absolute Gasteiger partial charge is 0.325 e. The van der Waals surface area contributed by atoms with Crippen LogP contribution in [-0.2, 0) is 14.3 Å². The van der Waals surface area contributed by atoms with E-state index >= 15 is 0 Å². The van der Waals surface area contributed by atoms with Crippen LogP contribution in [0.15, 0.2) is 48.5 Å². The fourth-order valence-corrected chi connectivity index (χ4v) is 2.40. The molecular weight excluding hydrogens is 352 g/mol. The van der Waals surface area contributed by atoms with Gasteiger partial charge in [0.15, 0.2) is 11.5 Å². The van der Waals surface area contributed by atoms with Crippen molar-refractivity contribution in [2.75, 3.05) is 25.6 Å². The van der Waals surface area contributed by atoms with Gasteiger partial charge >= 0.3 is 5.97 Å². The number of ether oxygens (including phenoxy) is 3. The van der Waals surface area contributed by atoms with Gasteiger partial charge in [-0.25, -0.2) is 0 Å². The quantitative estimate of drug-likeness (QED) is 0.771. The number of methoxy groups -OCH3 is 1. The molecule has 0 unspecified atom stereocenters.